The van der Waals surface area contributed by atoms with E-state index < -0.39 is 0 Å². The van der Waals surface area contributed by atoms with Gasteiger partial charge in [0.05, 0.1) is 0 Å². The van der Waals surface area contributed by atoms with Gasteiger partial charge in [0.1, 0.15) is 0 Å². The highest BCUT2D eigenvalue weighted by molar-refractivity contribution is 8.14. The molecule has 178 valence electrons. The largest absolute Gasteiger partial charge is 0.362 e. The molecule has 0 spiro atoms. The van der Waals surface area contributed by atoms with Crippen molar-refractivity contribution in [2.75, 3.05) is 6.54 Å². The molecular weight excluding hydrogens is 456 g/mol. The van der Waals surface area contributed by atoms with Crippen LogP contribution >= 0.6 is 24.0 Å². The molecule has 0 atom stereocenters. The van der Waals surface area contributed by atoms with Crippen molar-refractivity contribution in [2.24, 2.45) is 0 Å². The highest BCUT2D eigenvalue weighted by atomic mass is 32.2. The fourth-order valence-corrected chi connectivity index (χ4v) is 5.64. The third-order valence-corrected chi connectivity index (χ3v) is 7.84. The molecule has 1 aliphatic rings. The van der Waals surface area contributed by atoms with E-state index in [1.807, 2.05) is 30.3 Å². The van der Waals surface area contributed by atoms with E-state index in [2.05, 4.69) is 47.9 Å². The van der Waals surface area contributed by atoms with Gasteiger partial charge in [-0.25, -0.2) is 0 Å². The molecule has 0 heterocycles. The second kappa shape index (κ2) is 12.4. The average molecular weight is 491 g/mol. The minimum atomic E-state index is 0.100. The lowest BCUT2D eigenvalue weighted by atomic mass is 9.93. The first-order valence-corrected chi connectivity index (χ1v) is 13.7. The molecule has 1 fully saturated rings. The quantitative estimate of drug-likeness (QED) is 0.181. The molecule has 0 amide bonds. The predicted octanol–water partition coefficient (Wildman–Crippen LogP) is 7.06. The Kier molecular flexibility index (Phi) is 9.00. The number of hydrogen-bond acceptors (Lipinski definition) is 3. The number of benzene rings is 3. The molecule has 3 nitrogen and oxygen atoms in total. The van der Waals surface area contributed by atoms with E-state index in [0.717, 1.165) is 41.4 Å². The lowest BCUT2D eigenvalue weighted by Crippen LogP contribution is -2.45. The van der Waals surface area contributed by atoms with Crippen LogP contribution in [0.3, 0.4) is 0 Å². The van der Waals surface area contributed by atoms with Crippen LogP contribution < -0.4 is 10.6 Å². The Morgan fingerprint density at radius 1 is 1.00 bits per heavy atom. The SMILES string of the molecule is CCCCCc1c(SC(=O)c2ccccc2)ccc2cccc(CCNC(=S)NC3CCC3)c12. The molecule has 3 aromatic rings. The number of rotatable bonds is 10. The smallest absolute Gasteiger partial charge is 0.224 e. The van der Waals surface area contributed by atoms with Gasteiger partial charge < -0.3 is 10.6 Å². The molecule has 0 radical (unpaired) electrons. The van der Waals surface area contributed by atoms with E-state index in [4.69, 9.17) is 12.2 Å². The van der Waals surface area contributed by atoms with E-state index in [9.17, 15) is 4.79 Å². The van der Waals surface area contributed by atoms with Crippen molar-refractivity contribution >= 4 is 45.0 Å². The maximum absolute atomic E-state index is 13.0. The molecular formula is C29H34N2OS2. The van der Waals surface area contributed by atoms with E-state index in [1.54, 1.807) is 0 Å². The molecule has 5 heteroatoms. The van der Waals surface area contributed by atoms with Crippen molar-refractivity contribution in [3.05, 3.63) is 77.4 Å². The number of aryl methyl sites for hydroxylation is 1. The van der Waals surface area contributed by atoms with Crippen LogP contribution in [0.15, 0.2) is 65.6 Å². The summed E-state index contributed by atoms with van der Waals surface area (Å²) in [6.07, 6.45) is 9.11. The maximum Gasteiger partial charge on any atom is 0.224 e. The number of nitrogens with one attached hydrogen (secondary N) is 2. The number of fused-ring (bicyclic) bond motifs is 1. The van der Waals surface area contributed by atoms with Gasteiger partial charge in [-0.05, 0) is 90.5 Å². The van der Waals surface area contributed by atoms with Crippen LogP contribution in [0.4, 0.5) is 0 Å². The van der Waals surface area contributed by atoms with Crippen molar-refractivity contribution in [3.63, 3.8) is 0 Å². The van der Waals surface area contributed by atoms with Crippen molar-refractivity contribution in [2.45, 2.75) is 69.2 Å². The minimum Gasteiger partial charge on any atom is -0.362 e. The zero-order chi connectivity index (χ0) is 23.8. The van der Waals surface area contributed by atoms with Crippen molar-refractivity contribution in [1.82, 2.24) is 10.6 Å². The van der Waals surface area contributed by atoms with Crippen LogP contribution in [0.2, 0.25) is 0 Å². The van der Waals surface area contributed by atoms with Crippen molar-refractivity contribution in [1.29, 1.82) is 0 Å². The minimum absolute atomic E-state index is 0.100. The summed E-state index contributed by atoms with van der Waals surface area (Å²) in [4.78, 5) is 14.1. The summed E-state index contributed by atoms with van der Waals surface area (Å²) < 4.78 is 0. The first kappa shape index (κ1) is 24.7. The molecule has 0 aromatic heterocycles. The summed E-state index contributed by atoms with van der Waals surface area (Å²) >= 11 is 6.85. The van der Waals surface area contributed by atoms with Gasteiger partial charge in [-0.15, -0.1) is 0 Å². The van der Waals surface area contributed by atoms with Gasteiger partial charge >= 0.3 is 0 Å². The average Bonchev–Trinajstić information content (AvgIpc) is 2.83. The van der Waals surface area contributed by atoms with Crippen LogP contribution in [0.1, 0.15) is 66.9 Å². The van der Waals surface area contributed by atoms with Gasteiger partial charge in [-0.3, -0.25) is 4.79 Å². The van der Waals surface area contributed by atoms with Crippen LogP contribution in [-0.4, -0.2) is 22.8 Å². The van der Waals surface area contributed by atoms with Crippen LogP contribution in [0.25, 0.3) is 10.8 Å². The first-order valence-electron chi connectivity index (χ1n) is 12.5. The first-order chi connectivity index (χ1) is 16.7. The third-order valence-electron chi connectivity index (χ3n) is 6.56. The number of carbonyl (C=O) groups excluding carboxylic acids is 1. The van der Waals surface area contributed by atoms with Crippen molar-refractivity contribution in [3.8, 4) is 0 Å². The van der Waals surface area contributed by atoms with Gasteiger partial charge in [0.25, 0.3) is 0 Å². The van der Waals surface area contributed by atoms with E-state index in [0.29, 0.717) is 6.04 Å². The Hall–Kier alpha value is -2.37. The van der Waals surface area contributed by atoms with Crippen LogP contribution in [0, 0.1) is 0 Å². The standard InChI is InChI=1S/C29H34N2OS2/c1-2-3-5-16-25-26(34-28(32)23-10-6-4-7-11-23)18-17-21-12-8-13-22(27(21)25)19-20-30-29(33)31-24-14-9-15-24/h4,6-8,10-13,17-18,24H,2-3,5,9,14-16,19-20H2,1H3,(H2,30,31,33). The number of hydrogen-bond donors (Lipinski definition) is 2. The molecule has 2 N–H and O–H groups in total. The highest BCUT2D eigenvalue weighted by Gasteiger charge is 2.18. The molecule has 1 saturated carbocycles. The van der Waals surface area contributed by atoms with Gasteiger partial charge in [-0.1, -0.05) is 74.4 Å². The van der Waals surface area contributed by atoms with Crippen molar-refractivity contribution < 1.29 is 4.79 Å². The van der Waals surface area contributed by atoms with Crippen LogP contribution in [0.5, 0.6) is 0 Å². The molecule has 0 unspecified atom stereocenters. The molecule has 3 aromatic carbocycles. The molecule has 0 aliphatic heterocycles. The summed E-state index contributed by atoms with van der Waals surface area (Å²) in [5.74, 6) is 0. The molecule has 0 saturated heterocycles. The van der Waals surface area contributed by atoms with E-state index in [-0.39, 0.29) is 5.12 Å². The number of thiocarbonyl (C=S) groups is 1. The van der Waals surface area contributed by atoms with Gasteiger partial charge in [0.15, 0.2) is 5.11 Å². The second-order valence-corrected chi connectivity index (χ2v) is 10.5. The summed E-state index contributed by atoms with van der Waals surface area (Å²) in [5.41, 5.74) is 3.38. The van der Waals surface area contributed by atoms with Gasteiger partial charge in [0.2, 0.25) is 5.12 Å². The number of carbonyl (C=O) groups is 1. The van der Waals surface area contributed by atoms with Gasteiger partial charge in [-0.2, -0.15) is 0 Å². The topological polar surface area (TPSA) is 41.1 Å². The zero-order valence-electron chi connectivity index (χ0n) is 19.9. The fraction of sp³-hybridized carbons (Fsp3) is 0.379. The molecule has 0 bridgehead atoms. The zero-order valence-corrected chi connectivity index (χ0v) is 21.6. The molecule has 1 aliphatic carbocycles. The van der Waals surface area contributed by atoms with Crippen LogP contribution in [-0.2, 0) is 12.8 Å². The fourth-order valence-electron chi connectivity index (χ4n) is 4.45. The van der Waals surface area contributed by atoms with E-state index in [1.165, 1.54) is 65.8 Å². The second-order valence-electron chi connectivity index (χ2n) is 9.05. The number of thioether (sulfide) groups is 1. The summed E-state index contributed by atoms with van der Waals surface area (Å²) in [6.45, 7) is 3.03. The monoisotopic (exact) mass is 490 g/mol. The Morgan fingerprint density at radius 3 is 2.56 bits per heavy atom. The Bertz CT molecular complexity index is 1130. The predicted molar refractivity (Wildman–Crippen MR) is 149 cm³/mol. The lowest BCUT2D eigenvalue weighted by molar-refractivity contribution is 0.108. The molecule has 34 heavy (non-hydrogen) atoms. The Morgan fingerprint density at radius 2 is 1.82 bits per heavy atom. The maximum atomic E-state index is 13.0. The Balaban J connectivity index is 1.57. The normalized spacial score (nSPS) is 13.4. The third kappa shape index (κ3) is 6.39. The lowest BCUT2D eigenvalue weighted by Gasteiger charge is -2.27. The Labute approximate surface area is 213 Å². The molecule has 4 rings (SSSR count). The number of unbranched alkanes of at least 4 members (excludes halogenated alkanes) is 2. The summed E-state index contributed by atoms with van der Waals surface area (Å²) in [5, 5.41) is 10.2. The van der Waals surface area contributed by atoms with E-state index >= 15 is 0 Å². The summed E-state index contributed by atoms with van der Waals surface area (Å²) in [6, 6.07) is 21.0. The highest BCUT2D eigenvalue weighted by Crippen LogP contribution is 2.35. The van der Waals surface area contributed by atoms with Gasteiger partial charge in [0, 0.05) is 23.0 Å². The summed E-state index contributed by atoms with van der Waals surface area (Å²) in [7, 11) is 0.